The summed E-state index contributed by atoms with van der Waals surface area (Å²) in [5.41, 5.74) is 0. The Morgan fingerprint density at radius 1 is 0.667 bits per heavy atom. The number of carbonyl (C=O) groups is 3. The number of allylic oxidation sites excluding steroid dienone is 4. The van der Waals surface area contributed by atoms with Gasteiger partial charge in [0.25, 0.3) is 0 Å². The van der Waals surface area contributed by atoms with E-state index in [9.17, 15) is 23.8 Å². The summed E-state index contributed by atoms with van der Waals surface area (Å²) in [7, 11) is -1.57. The first-order valence-corrected chi connectivity index (χ1v) is 28.3. The van der Waals surface area contributed by atoms with Gasteiger partial charge in [-0.2, -0.15) is 0 Å². The summed E-state index contributed by atoms with van der Waals surface area (Å²) in [4.78, 5) is 52.1. The fourth-order valence-electron chi connectivity index (χ4n) is 6.59. The lowest BCUT2D eigenvalue weighted by Gasteiger charge is -2.20. The molecular formula is C49H85N2O9PS2. The average molecular weight is 941 g/mol. The van der Waals surface area contributed by atoms with Crippen LogP contribution in [0, 0.1) is 0 Å². The summed E-state index contributed by atoms with van der Waals surface area (Å²) in [6.45, 7) is 3.44. The van der Waals surface area contributed by atoms with Crippen LogP contribution in [0.4, 0.5) is 0 Å². The minimum atomic E-state index is -4.56. The molecule has 1 rings (SSSR count). The number of amides is 1. The molecule has 1 aromatic rings. The van der Waals surface area contributed by atoms with Crippen LogP contribution < -0.4 is 5.32 Å². The third-order valence-corrected chi connectivity index (χ3v) is 13.6. The van der Waals surface area contributed by atoms with Gasteiger partial charge in [-0.1, -0.05) is 158 Å². The molecular weight excluding hydrogens is 856 g/mol. The number of nitrogens with zero attached hydrogens (tertiary/aromatic N) is 1. The number of rotatable bonds is 45. The van der Waals surface area contributed by atoms with Gasteiger partial charge in [-0.25, -0.2) is 9.55 Å². The fourth-order valence-corrected chi connectivity index (χ4v) is 9.21. The number of unbranched alkanes of at least 4 members (excludes halogenated alkanes) is 22. The van der Waals surface area contributed by atoms with Crippen LogP contribution in [0.15, 0.2) is 53.7 Å². The lowest BCUT2D eigenvalue weighted by Crippen LogP contribution is -2.30. The Morgan fingerprint density at radius 2 is 1.17 bits per heavy atom. The molecule has 0 aliphatic carbocycles. The Morgan fingerprint density at radius 3 is 1.70 bits per heavy atom. The number of ether oxygens (including phenoxy) is 2. The molecule has 2 atom stereocenters. The third kappa shape index (κ3) is 41.1. The lowest BCUT2D eigenvalue weighted by molar-refractivity contribution is -0.161. The number of pyridine rings is 1. The topological polar surface area (TPSA) is 150 Å². The van der Waals surface area contributed by atoms with E-state index in [1.54, 1.807) is 6.20 Å². The standard InChI is InChI=1S/C49H85N2O9PS2/c1-3-5-7-9-11-13-15-17-19-21-23-25-27-29-31-36-48(53)57-43-45(60-49(54)37-32-30-28-26-24-22-20-18-16-14-12-10-8-6-4-2)44-59-61(55,56)58-41-40-50-46(52)38-42-62-63-47-35-33-34-39-51-47/h17-20,33-35,39,45H,3-16,21-32,36-38,40-44H2,1-2H3,(H,50,52)(H,55,56)/b19-17+,20-18+. The van der Waals surface area contributed by atoms with Crippen molar-refractivity contribution in [3.05, 3.63) is 48.7 Å². The lowest BCUT2D eigenvalue weighted by atomic mass is 10.1. The van der Waals surface area contributed by atoms with Gasteiger partial charge in [0.05, 0.1) is 13.2 Å². The highest BCUT2D eigenvalue weighted by molar-refractivity contribution is 8.76. The normalized spacial score (nSPS) is 13.1. The molecule has 0 spiro atoms. The van der Waals surface area contributed by atoms with E-state index in [-0.39, 0.29) is 44.9 Å². The van der Waals surface area contributed by atoms with Crippen molar-refractivity contribution in [2.45, 2.75) is 211 Å². The van der Waals surface area contributed by atoms with Gasteiger partial charge in [-0.15, -0.1) is 0 Å². The maximum atomic E-state index is 12.8. The number of nitrogens with one attached hydrogen (secondary N) is 1. The zero-order chi connectivity index (χ0) is 45.7. The Bertz CT molecular complexity index is 1360. The Labute approximate surface area is 390 Å². The minimum Gasteiger partial charge on any atom is -0.462 e. The van der Waals surface area contributed by atoms with Crippen LogP contribution in [-0.4, -0.2) is 65.9 Å². The number of hydrogen-bond acceptors (Lipinski definition) is 11. The summed E-state index contributed by atoms with van der Waals surface area (Å²) >= 11 is 0. The number of hydrogen-bond donors (Lipinski definition) is 2. The molecule has 0 bridgehead atoms. The molecule has 0 saturated heterocycles. The summed E-state index contributed by atoms with van der Waals surface area (Å²) in [6, 6.07) is 5.63. The van der Waals surface area contributed by atoms with Crippen LogP contribution in [0.3, 0.4) is 0 Å². The molecule has 1 amide bonds. The van der Waals surface area contributed by atoms with Crippen LogP contribution in [0.25, 0.3) is 0 Å². The molecule has 362 valence electrons. The van der Waals surface area contributed by atoms with E-state index in [0.717, 1.165) is 75.7 Å². The van der Waals surface area contributed by atoms with Crippen molar-refractivity contribution < 1.29 is 42.4 Å². The molecule has 0 radical (unpaired) electrons. The second-order valence-corrected chi connectivity index (χ2v) is 20.1. The first-order valence-electron chi connectivity index (χ1n) is 24.5. The van der Waals surface area contributed by atoms with E-state index in [1.807, 2.05) is 18.2 Å². The predicted octanol–water partition coefficient (Wildman–Crippen LogP) is 14.0. The first kappa shape index (κ1) is 58.9. The second kappa shape index (κ2) is 43.7. The van der Waals surface area contributed by atoms with Crippen molar-refractivity contribution >= 4 is 47.3 Å². The number of phosphoric ester groups is 1. The van der Waals surface area contributed by atoms with Crippen LogP contribution in [0.5, 0.6) is 0 Å². The number of carbonyl (C=O) groups excluding carboxylic acids is 3. The second-order valence-electron chi connectivity index (χ2n) is 16.2. The van der Waals surface area contributed by atoms with E-state index >= 15 is 0 Å². The summed E-state index contributed by atoms with van der Waals surface area (Å²) in [6.07, 6.45) is 40.6. The third-order valence-electron chi connectivity index (χ3n) is 10.3. The number of phosphoric acid groups is 1. The predicted molar refractivity (Wildman–Crippen MR) is 262 cm³/mol. The van der Waals surface area contributed by atoms with Gasteiger partial charge in [0.15, 0.2) is 6.10 Å². The molecule has 0 fully saturated rings. The van der Waals surface area contributed by atoms with Crippen molar-refractivity contribution in [3.8, 4) is 0 Å². The number of esters is 2. The molecule has 0 aliphatic rings. The van der Waals surface area contributed by atoms with Gasteiger partial charge in [0.2, 0.25) is 5.91 Å². The zero-order valence-corrected chi connectivity index (χ0v) is 41.7. The first-order chi connectivity index (χ1) is 30.8. The maximum absolute atomic E-state index is 12.8. The highest BCUT2D eigenvalue weighted by atomic mass is 33.1. The molecule has 0 aromatic carbocycles. The summed E-state index contributed by atoms with van der Waals surface area (Å²) in [5.74, 6) is -0.556. The van der Waals surface area contributed by atoms with Crippen LogP contribution >= 0.6 is 29.4 Å². The molecule has 1 aromatic heterocycles. The molecule has 0 aliphatic heterocycles. The monoisotopic (exact) mass is 941 g/mol. The van der Waals surface area contributed by atoms with E-state index < -0.39 is 32.5 Å². The largest absolute Gasteiger partial charge is 0.472 e. The highest BCUT2D eigenvalue weighted by Gasteiger charge is 2.26. The van der Waals surface area contributed by atoms with Crippen LogP contribution in [0.2, 0.25) is 0 Å². The molecule has 2 N–H and O–H groups in total. The van der Waals surface area contributed by atoms with Crippen molar-refractivity contribution in [3.63, 3.8) is 0 Å². The van der Waals surface area contributed by atoms with Crippen molar-refractivity contribution in [1.29, 1.82) is 0 Å². The number of aromatic nitrogens is 1. The minimum absolute atomic E-state index is 0.00708. The van der Waals surface area contributed by atoms with Gasteiger partial charge in [-0.3, -0.25) is 23.4 Å². The zero-order valence-electron chi connectivity index (χ0n) is 39.2. The average Bonchev–Trinajstić information content (AvgIpc) is 3.28. The van der Waals surface area contributed by atoms with Gasteiger partial charge in [-0.05, 0) is 87.1 Å². The maximum Gasteiger partial charge on any atom is 0.472 e. The molecule has 1 heterocycles. The quantitative estimate of drug-likeness (QED) is 0.0211. The SMILES string of the molecule is CCCCCCCC/C=C/CCCCCCCC(=O)OCC(COP(=O)(O)OCCNC(=O)CCSSc1ccccn1)OC(=O)CCCCCCC/C=C/CCCCCCCC. The summed E-state index contributed by atoms with van der Waals surface area (Å²) < 4.78 is 33.9. The smallest absolute Gasteiger partial charge is 0.462 e. The van der Waals surface area contributed by atoms with Gasteiger partial charge < -0.3 is 19.7 Å². The van der Waals surface area contributed by atoms with Crippen molar-refractivity contribution in [1.82, 2.24) is 10.3 Å². The highest BCUT2D eigenvalue weighted by Crippen LogP contribution is 2.43. The fraction of sp³-hybridized carbons (Fsp3) is 0.755. The van der Waals surface area contributed by atoms with Gasteiger partial charge in [0.1, 0.15) is 11.6 Å². The van der Waals surface area contributed by atoms with Crippen LogP contribution in [-0.2, 0) is 37.5 Å². The van der Waals surface area contributed by atoms with Crippen LogP contribution in [0.1, 0.15) is 200 Å². The van der Waals surface area contributed by atoms with Crippen molar-refractivity contribution in [2.24, 2.45) is 0 Å². The Kier molecular flexibility index (Phi) is 40.9. The van der Waals surface area contributed by atoms with Gasteiger partial charge in [0, 0.05) is 37.8 Å². The molecule has 0 saturated carbocycles. The van der Waals surface area contributed by atoms with Crippen molar-refractivity contribution in [2.75, 3.05) is 32.1 Å². The summed E-state index contributed by atoms with van der Waals surface area (Å²) in [5, 5.41) is 3.52. The molecule has 63 heavy (non-hydrogen) atoms. The van der Waals surface area contributed by atoms with E-state index in [4.69, 9.17) is 18.5 Å². The Balaban J connectivity index is 2.38. The van der Waals surface area contributed by atoms with E-state index in [1.165, 1.54) is 105 Å². The van der Waals surface area contributed by atoms with Gasteiger partial charge >= 0.3 is 19.8 Å². The molecule has 2 unspecified atom stereocenters. The van der Waals surface area contributed by atoms with E-state index in [0.29, 0.717) is 18.6 Å². The molecule has 11 nitrogen and oxygen atoms in total. The molecule has 14 heteroatoms. The Hall–Kier alpha value is -2.15. The van der Waals surface area contributed by atoms with E-state index in [2.05, 4.69) is 48.5 Å².